The number of ether oxygens (including phenoxy) is 1. The molecule has 0 aliphatic rings. The molecule has 0 N–H and O–H groups in total. The van der Waals surface area contributed by atoms with Crippen molar-refractivity contribution in [2.24, 2.45) is 0 Å². The molecule has 0 saturated heterocycles. The highest BCUT2D eigenvalue weighted by Crippen LogP contribution is 2.31. The summed E-state index contributed by atoms with van der Waals surface area (Å²) in [7, 11) is 1.61. The van der Waals surface area contributed by atoms with Crippen molar-refractivity contribution in [1.82, 2.24) is 9.97 Å². The lowest BCUT2D eigenvalue weighted by molar-refractivity contribution is 0.402. The third kappa shape index (κ3) is 1.35. The van der Waals surface area contributed by atoms with Crippen molar-refractivity contribution in [3.63, 3.8) is 0 Å². The summed E-state index contributed by atoms with van der Waals surface area (Å²) >= 11 is 3.51. The molecule has 4 heteroatoms. The van der Waals surface area contributed by atoms with E-state index < -0.39 is 0 Å². The Morgan fingerprint density at radius 2 is 2.07 bits per heavy atom. The van der Waals surface area contributed by atoms with Crippen LogP contribution in [0.4, 0.5) is 0 Å². The van der Waals surface area contributed by atoms with Crippen LogP contribution in [0.1, 0.15) is 5.56 Å². The van der Waals surface area contributed by atoms with Crippen molar-refractivity contribution in [2.45, 2.75) is 6.92 Å². The molecule has 0 aliphatic carbocycles. The van der Waals surface area contributed by atoms with Gasteiger partial charge < -0.3 is 4.74 Å². The van der Waals surface area contributed by atoms with Crippen LogP contribution in [0.5, 0.6) is 5.88 Å². The minimum Gasteiger partial charge on any atom is -0.480 e. The van der Waals surface area contributed by atoms with Crippen molar-refractivity contribution < 1.29 is 4.74 Å². The Kier molecular flexibility index (Phi) is 2.37. The predicted molar refractivity (Wildman–Crippen MR) is 58.5 cm³/mol. The maximum absolute atomic E-state index is 5.18. The number of aromatic nitrogens is 2. The highest BCUT2D eigenvalue weighted by Gasteiger charge is 2.08. The number of aryl methyl sites for hydroxylation is 1. The lowest BCUT2D eigenvalue weighted by Crippen LogP contribution is -1.92. The number of hydrogen-bond donors (Lipinski definition) is 0. The molecule has 1 heterocycles. The molecule has 0 unspecified atom stereocenters. The van der Waals surface area contributed by atoms with E-state index in [9.17, 15) is 0 Å². The second-order valence-corrected chi connectivity index (χ2v) is 3.77. The molecular formula is C10H9BrN2O. The Hall–Kier alpha value is -1.16. The number of nitrogens with zero attached hydrogens (tertiary/aromatic N) is 2. The van der Waals surface area contributed by atoms with Gasteiger partial charge in [-0.3, -0.25) is 0 Å². The van der Waals surface area contributed by atoms with E-state index in [4.69, 9.17) is 4.74 Å². The van der Waals surface area contributed by atoms with Gasteiger partial charge in [0.1, 0.15) is 6.33 Å². The maximum Gasteiger partial charge on any atom is 0.225 e. The van der Waals surface area contributed by atoms with Crippen molar-refractivity contribution in [3.8, 4) is 5.88 Å². The fourth-order valence-electron chi connectivity index (χ4n) is 1.34. The Morgan fingerprint density at radius 1 is 1.29 bits per heavy atom. The van der Waals surface area contributed by atoms with Crippen molar-refractivity contribution in [1.29, 1.82) is 0 Å². The zero-order chi connectivity index (χ0) is 10.1. The smallest absolute Gasteiger partial charge is 0.225 e. The van der Waals surface area contributed by atoms with E-state index in [1.165, 1.54) is 6.33 Å². The third-order valence-electron chi connectivity index (χ3n) is 2.09. The standard InChI is InChI=1S/C10H9BrN2O/c1-6-3-4-7-8(9(6)11)10(14-2)13-5-12-7/h3-5H,1-2H3. The van der Waals surface area contributed by atoms with Crippen LogP contribution in [0, 0.1) is 6.92 Å². The second kappa shape index (κ2) is 3.53. The third-order valence-corrected chi connectivity index (χ3v) is 3.11. The van der Waals surface area contributed by atoms with Gasteiger partial charge in [0.25, 0.3) is 0 Å². The highest BCUT2D eigenvalue weighted by molar-refractivity contribution is 9.10. The molecule has 2 rings (SSSR count). The zero-order valence-electron chi connectivity index (χ0n) is 7.91. The molecule has 0 atom stereocenters. The normalized spacial score (nSPS) is 10.5. The lowest BCUT2D eigenvalue weighted by atomic mass is 10.2. The number of hydrogen-bond acceptors (Lipinski definition) is 3. The first-order valence-electron chi connectivity index (χ1n) is 4.18. The number of fused-ring (bicyclic) bond motifs is 1. The van der Waals surface area contributed by atoms with Gasteiger partial charge in [-0.15, -0.1) is 0 Å². The summed E-state index contributed by atoms with van der Waals surface area (Å²) in [6, 6.07) is 3.97. The summed E-state index contributed by atoms with van der Waals surface area (Å²) in [5.41, 5.74) is 2.03. The monoisotopic (exact) mass is 252 g/mol. The second-order valence-electron chi connectivity index (χ2n) is 2.97. The van der Waals surface area contributed by atoms with E-state index in [1.807, 2.05) is 19.1 Å². The van der Waals surface area contributed by atoms with Crippen molar-refractivity contribution >= 4 is 26.8 Å². The Morgan fingerprint density at radius 3 is 2.79 bits per heavy atom. The molecule has 14 heavy (non-hydrogen) atoms. The predicted octanol–water partition coefficient (Wildman–Crippen LogP) is 2.71. The summed E-state index contributed by atoms with van der Waals surface area (Å²) in [4.78, 5) is 8.23. The van der Waals surface area contributed by atoms with E-state index in [0.717, 1.165) is 20.9 Å². The summed E-state index contributed by atoms with van der Waals surface area (Å²) in [6.07, 6.45) is 1.50. The van der Waals surface area contributed by atoms with Gasteiger partial charge in [0.15, 0.2) is 0 Å². The van der Waals surface area contributed by atoms with Gasteiger partial charge in [0, 0.05) is 4.47 Å². The average molecular weight is 253 g/mol. The Balaban J connectivity index is 2.89. The van der Waals surface area contributed by atoms with E-state index >= 15 is 0 Å². The first-order valence-corrected chi connectivity index (χ1v) is 4.97. The van der Waals surface area contributed by atoms with Crippen LogP contribution in [-0.2, 0) is 0 Å². The minimum absolute atomic E-state index is 0.602. The van der Waals surface area contributed by atoms with Gasteiger partial charge in [-0.05, 0) is 34.5 Å². The number of benzene rings is 1. The molecule has 72 valence electrons. The molecule has 0 amide bonds. The molecule has 3 nitrogen and oxygen atoms in total. The van der Waals surface area contributed by atoms with Gasteiger partial charge in [0.05, 0.1) is 18.0 Å². The number of halogens is 1. The van der Waals surface area contributed by atoms with Gasteiger partial charge in [0.2, 0.25) is 5.88 Å². The van der Waals surface area contributed by atoms with Crippen LogP contribution in [0.15, 0.2) is 22.9 Å². The topological polar surface area (TPSA) is 35.0 Å². The van der Waals surface area contributed by atoms with Gasteiger partial charge in [-0.2, -0.15) is 0 Å². The zero-order valence-corrected chi connectivity index (χ0v) is 9.50. The summed E-state index contributed by atoms with van der Waals surface area (Å²) in [5, 5.41) is 0.926. The minimum atomic E-state index is 0.602. The SMILES string of the molecule is COc1ncnc2ccc(C)c(Br)c12. The van der Waals surface area contributed by atoms with Gasteiger partial charge in [-0.1, -0.05) is 6.07 Å². The molecule has 0 spiro atoms. The Bertz CT molecular complexity index is 485. The van der Waals surface area contributed by atoms with Crippen LogP contribution >= 0.6 is 15.9 Å². The van der Waals surface area contributed by atoms with E-state index in [0.29, 0.717) is 5.88 Å². The fraction of sp³-hybridized carbons (Fsp3) is 0.200. The molecule has 0 bridgehead atoms. The average Bonchev–Trinajstić information content (AvgIpc) is 2.23. The first kappa shape index (κ1) is 9.40. The summed E-state index contributed by atoms with van der Waals surface area (Å²) < 4.78 is 6.18. The van der Waals surface area contributed by atoms with Crippen LogP contribution in [0.3, 0.4) is 0 Å². The summed E-state index contributed by atoms with van der Waals surface area (Å²) in [5.74, 6) is 0.602. The molecule has 0 radical (unpaired) electrons. The highest BCUT2D eigenvalue weighted by atomic mass is 79.9. The largest absolute Gasteiger partial charge is 0.480 e. The van der Waals surface area contributed by atoms with E-state index in [2.05, 4.69) is 25.9 Å². The van der Waals surface area contributed by atoms with Crippen LogP contribution in [0.2, 0.25) is 0 Å². The molecule has 0 saturated carbocycles. The van der Waals surface area contributed by atoms with Gasteiger partial charge in [-0.25, -0.2) is 9.97 Å². The molecule has 1 aromatic heterocycles. The number of methoxy groups -OCH3 is 1. The van der Waals surface area contributed by atoms with Gasteiger partial charge >= 0.3 is 0 Å². The van der Waals surface area contributed by atoms with E-state index in [1.54, 1.807) is 7.11 Å². The quantitative estimate of drug-likeness (QED) is 0.783. The van der Waals surface area contributed by atoms with Crippen LogP contribution in [-0.4, -0.2) is 17.1 Å². The first-order chi connectivity index (χ1) is 6.74. The lowest BCUT2D eigenvalue weighted by Gasteiger charge is -2.06. The van der Waals surface area contributed by atoms with Crippen molar-refractivity contribution in [2.75, 3.05) is 7.11 Å². The maximum atomic E-state index is 5.18. The Labute approximate surface area is 90.3 Å². The van der Waals surface area contributed by atoms with Crippen molar-refractivity contribution in [3.05, 3.63) is 28.5 Å². The van der Waals surface area contributed by atoms with E-state index in [-0.39, 0.29) is 0 Å². The van der Waals surface area contributed by atoms with Crippen LogP contribution < -0.4 is 4.74 Å². The number of rotatable bonds is 1. The molecule has 0 fully saturated rings. The fourth-order valence-corrected chi connectivity index (χ4v) is 1.85. The van der Waals surface area contributed by atoms with Crippen LogP contribution in [0.25, 0.3) is 10.9 Å². The molecule has 2 aromatic rings. The molecular weight excluding hydrogens is 244 g/mol. The summed E-state index contributed by atoms with van der Waals surface area (Å²) in [6.45, 7) is 2.02. The molecule has 1 aromatic carbocycles. The molecule has 0 aliphatic heterocycles.